The summed E-state index contributed by atoms with van der Waals surface area (Å²) in [4.78, 5) is 50.8. The van der Waals surface area contributed by atoms with E-state index in [0.29, 0.717) is 6.42 Å². The highest BCUT2D eigenvalue weighted by Crippen LogP contribution is 2.06. The van der Waals surface area contributed by atoms with Crippen LogP contribution in [0, 0.1) is 0 Å². The first-order valence-electron chi connectivity index (χ1n) is 8.61. The molecule has 150 valence electrons. The number of H-pyrrole nitrogens is 1. The Labute approximate surface area is 166 Å². The Kier molecular flexibility index (Phi) is 7.44. The average Bonchev–Trinajstić information content (AvgIpc) is 3.07. The number of hydrogen-bond acceptors (Lipinski definition) is 6. The molecule has 9 nitrogen and oxygen atoms in total. The van der Waals surface area contributed by atoms with Crippen molar-refractivity contribution in [3.63, 3.8) is 0 Å². The first-order valence-corrected chi connectivity index (χ1v) is 9.38. The van der Waals surface area contributed by atoms with Gasteiger partial charge in [0.2, 0.25) is 17.5 Å². The fraction of sp³-hybridized carbons (Fsp3) is 0.389. The Bertz CT molecular complexity index is 877. The molecule has 28 heavy (non-hydrogen) atoms. The summed E-state index contributed by atoms with van der Waals surface area (Å²) >= 11 is 0.807. The maximum absolute atomic E-state index is 12.4. The van der Waals surface area contributed by atoms with Gasteiger partial charge in [0.25, 0.3) is 11.5 Å². The van der Waals surface area contributed by atoms with Crippen LogP contribution in [0.1, 0.15) is 22.5 Å². The highest BCUT2D eigenvalue weighted by molar-refractivity contribution is 6.99. The van der Waals surface area contributed by atoms with Crippen molar-refractivity contribution < 1.29 is 14.4 Å². The van der Waals surface area contributed by atoms with Crippen molar-refractivity contribution >= 4 is 29.4 Å². The molecule has 0 saturated carbocycles. The molecule has 1 aromatic carbocycles. The van der Waals surface area contributed by atoms with Gasteiger partial charge in [-0.1, -0.05) is 30.3 Å². The summed E-state index contributed by atoms with van der Waals surface area (Å²) in [5.41, 5.74) is 0.251. The van der Waals surface area contributed by atoms with E-state index >= 15 is 0 Å². The zero-order valence-corrected chi connectivity index (χ0v) is 16.8. The number of amides is 3. The van der Waals surface area contributed by atoms with Crippen LogP contribution in [0.25, 0.3) is 0 Å². The maximum atomic E-state index is 12.4. The van der Waals surface area contributed by atoms with Gasteiger partial charge in [-0.2, -0.15) is 4.37 Å². The van der Waals surface area contributed by atoms with Crippen LogP contribution in [-0.4, -0.2) is 70.0 Å². The highest BCUT2D eigenvalue weighted by atomic mass is 32.1. The maximum Gasteiger partial charge on any atom is 0.291 e. The molecule has 0 aliphatic heterocycles. The van der Waals surface area contributed by atoms with Gasteiger partial charge in [-0.05, 0) is 12.0 Å². The van der Waals surface area contributed by atoms with E-state index in [9.17, 15) is 19.2 Å². The monoisotopic (exact) mass is 405 g/mol. The summed E-state index contributed by atoms with van der Waals surface area (Å²) in [5.74, 6) is -1.26. The quantitative estimate of drug-likeness (QED) is 0.605. The number of carbonyl (C=O) groups excluding carboxylic acids is 3. The molecule has 2 rings (SSSR count). The van der Waals surface area contributed by atoms with Crippen LogP contribution in [0.5, 0.6) is 0 Å². The number of aromatic amines is 1. The average molecular weight is 405 g/mol. The minimum Gasteiger partial charge on any atom is -0.351 e. The minimum atomic E-state index is -0.540. The SMILES string of the molecule is CN(C)C(=O)CC(=O)NC(Cc1ccccc1)CN(C)C(=O)c1ns[nH]c1=O. The topological polar surface area (TPSA) is 115 Å². The van der Waals surface area contributed by atoms with E-state index in [4.69, 9.17) is 0 Å². The van der Waals surface area contributed by atoms with Gasteiger partial charge >= 0.3 is 0 Å². The van der Waals surface area contributed by atoms with Gasteiger partial charge in [-0.25, -0.2) is 0 Å². The fourth-order valence-corrected chi connectivity index (χ4v) is 3.04. The lowest BCUT2D eigenvalue weighted by Crippen LogP contribution is -2.47. The summed E-state index contributed by atoms with van der Waals surface area (Å²) in [5, 5.41) is 2.81. The van der Waals surface area contributed by atoms with Gasteiger partial charge in [-0.15, -0.1) is 0 Å². The Morgan fingerprint density at radius 1 is 1.18 bits per heavy atom. The third-order valence-electron chi connectivity index (χ3n) is 4.03. The summed E-state index contributed by atoms with van der Waals surface area (Å²) in [6, 6.07) is 9.04. The standard InChI is InChI=1S/C18H23N5O4S/c1-22(2)15(25)10-14(24)19-13(9-12-7-5-4-6-8-12)11-23(3)18(27)16-17(26)21-28-20-16/h4-8,13H,9-11H2,1-3H3,(H,19,24)(H,21,26). The second-order valence-electron chi connectivity index (χ2n) is 6.57. The number of benzene rings is 1. The van der Waals surface area contributed by atoms with E-state index in [-0.39, 0.29) is 24.6 Å². The van der Waals surface area contributed by atoms with E-state index in [1.807, 2.05) is 30.3 Å². The molecule has 2 aromatic rings. The number of hydrogen-bond donors (Lipinski definition) is 2. The van der Waals surface area contributed by atoms with Crippen LogP contribution < -0.4 is 10.9 Å². The molecule has 0 spiro atoms. The van der Waals surface area contributed by atoms with E-state index < -0.39 is 23.4 Å². The molecule has 1 unspecified atom stereocenters. The molecule has 0 aliphatic rings. The van der Waals surface area contributed by atoms with Crippen molar-refractivity contribution in [2.45, 2.75) is 18.9 Å². The first-order chi connectivity index (χ1) is 13.3. The lowest BCUT2D eigenvalue weighted by Gasteiger charge is -2.25. The zero-order valence-electron chi connectivity index (χ0n) is 16.0. The van der Waals surface area contributed by atoms with E-state index in [2.05, 4.69) is 14.1 Å². The number of rotatable bonds is 8. The summed E-state index contributed by atoms with van der Waals surface area (Å²) < 4.78 is 6.17. The molecule has 3 amide bonds. The lowest BCUT2D eigenvalue weighted by atomic mass is 10.0. The Morgan fingerprint density at radius 3 is 2.43 bits per heavy atom. The van der Waals surface area contributed by atoms with Crippen molar-refractivity contribution in [3.05, 3.63) is 51.9 Å². The van der Waals surface area contributed by atoms with Crippen LogP contribution >= 0.6 is 11.7 Å². The first kappa shape index (κ1) is 21.3. The Balaban J connectivity index is 2.10. The van der Waals surface area contributed by atoms with Crippen molar-refractivity contribution in [2.24, 2.45) is 0 Å². The van der Waals surface area contributed by atoms with Crippen LogP contribution in [-0.2, 0) is 16.0 Å². The second-order valence-corrected chi connectivity index (χ2v) is 7.14. The molecular formula is C18H23N5O4S. The Morgan fingerprint density at radius 2 is 1.86 bits per heavy atom. The largest absolute Gasteiger partial charge is 0.351 e. The van der Waals surface area contributed by atoms with Crippen LogP contribution in [0.2, 0.25) is 0 Å². The van der Waals surface area contributed by atoms with Crippen molar-refractivity contribution in [2.75, 3.05) is 27.7 Å². The van der Waals surface area contributed by atoms with Gasteiger partial charge in [0, 0.05) is 39.4 Å². The summed E-state index contributed by atoms with van der Waals surface area (Å²) in [6.45, 7) is 0.159. The van der Waals surface area contributed by atoms with E-state index in [0.717, 1.165) is 17.3 Å². The molecule has 1 aromatic heterocycles. The third kappa shape index (κ3) is 6.02. The summed E-state index contributed by atoms with van der Waals surface area (Å²) in [6.07, 6.45) is 0.190. The van der Waals surface area contributed by atoms with E-state index in [1.54, 1.807) is 14.1 Å². The van der Waals surface area contributed by atoms with Crippen LogP contribution in [0.3, 0.4) is 0 Å². The molecule has 0 saturated heterocycles. The number of likely N-dealkylation sites (N-methyl/N-ethyl adjacent to an activating group) is 1. The highest BCUT2D eigenvalue weighted by Gasteiger charge is 2.23. The number of nitrogens with zero attached hydrogens (tertiary/aromatic N) is 3. The van der Waals surface area contributed by atoms with Crippen LogP contribution in [0.15, 0.2) is 35.1 Å². The van der Waals surface area contributed by atoms with Gasteiger partial charge in [0.1, 0.15) is 6.42 Å². The molecule has 0 bridgehead atoms. The van der Waals surface area contributed by atoms with Crippen molar-refractivity contribution in [3.8, 4) is 0 Å². The molecule has 10 heteroatoms. The van der Waals surface area contributed by atoms with Gasteiger partial charge in [0.15, 0.2) is 0 Å². The molecule has 0 fully saturated rings. The molecule has 1 atom stereocenters. The third-order valence-corrected chi connectivity index (χ3v) is 4.59. The molecule has 2 N–H and O–H groups in total. The normalized spacial score (nSPS) is 11.5. The van der Waals surface area contributed by atoms with Crippen molar-refractivity contribution in [1.82, 2.24) is 23.9 Å². The molecule has 1 heterocycles. The Hall–Kier alpha value is -3.01. The predicted molar refractivity (Wildman–Crippen MR) is 105 cm³/mol. The number of aromatic nitrogens is 2. The smallest absolute Gasteiger partial charge is 0.291 e. The minimum absolute atomic E-state index is 0.159. The zero-order chi connectivity index (χ0) is 20.7. The van der Waals surface area contributed by atoms with Crippen molar-refractivity contribution in [1.29, 1.82) is 0 Å². The molecular weight excluding hydrogens is 382 g/mol. The fourth-order valence-electron chi connectivity index (χ4n) is 2.56. The van der Waals surface area contributed by atoms with Crippen LogP contribution in [0.4, 0.5) is 0 Å². The van der Waals surface area contributed by atoms with Gasteiger partial charge in [-0.3, -0.25) is 23.6 Å². The van der Waals surface area contributed by atoms with Gasteiger partial charge < -0.3 is 15.1 Å². The molecule has 0 aliphatic carbocycles. The van der Waals surface area contributed by atoms with Gasteiger partial charge in [0.05, 0.1) is 6.04 Å². The lowest BCUT2D eigenvalue weighted by molar-refractivity contribution is -0.134. The summed E-state index contributed by atoms with van der Waals surface area (Å²) in [7, 11) is 4.69. The molecule has 0 radical (unpaired) electrons. The number of carbonyl (C=O) groups is 3. The predicted octanol–water partition coefficient (Wildman–Crippen LogP) is 0.109. The second kappa shape index (κ2) is 9.79. The van der Waals surface area contributed by atoms with E-state index in [1.165, 1.54) is 16.8 Å². The number of nitrogens with one attached hydrogen (secondary N) is 2.